The fraction of sp³-hybridized carbons (Fsp3) is 0.517. The number of benzene rings is 1. The van der Waals surface area contributed by atoms with Gasteiger partial charge in [-0.2, -0.15) is 13.2 Å². The first kappa shape index (κ1) is 34.6. The summed E-state index contributed by atoms with van der Waals surface area (Å²) in [6.45, 7) is 0.581. The van der Waals surface area contributed by atoms with E-state index in [1.807, 2.05) is 0 Å². The summed E-state index contributed by atoms with van der Waals surface area (Å²) in [6.07, 6.45) is -5.97. The van der Waals surface area contributed by atoms with Gasteiger partial charge in [0, 0.05) is 55.4 Å². The van der Waals surface area contributed by atoms with Gasteiger partial charge in [-0.3, -0.25) is 14.5 Å². The van der Waals surface area contributed by atoms with Gasteiger partial charge in [0.2, 0.25) is 12.3 Å². The van der Waals surface area contributed by atoms with Crippen LogP contribution < -0.4 is 30.9 Å². The highest BCUT2D eigenvalue weighted by molar-refractivity contribution is 6.03. The van der Waals surface area contributed by atoms with Crippen LogP contribution in [0.2, 0.25) is 0 Å². The molecule has 2 aliphatic rings. The molecule has 4 N–H and O–H groups in total. The zero-order valence-electron chi connectivity index (χ0n) is 25.0. The molecule has 4 amide bonds. The number of methoxy groups -OCH3 is 1. The Labute approximate surface area is 259 Å². The molecular formula is C29H33F7N6O4. The number of rotatable bonds is 9. The number of alkyl halides is 5. The van der Waals surface area contributed by atoms with Crippen molar-refractivity contribution in [1.29, 1.82) is 0 Å². The molecule has 3 atom stereocenters. The molecule has 1 aromatic heterocycles. The van der Waals surface area contributed by atoms with E-state index in [9.17, 15) is 36.3 Å². The number of nitrogens with zero attached hydrogens (tertiary/aromatic N) is 2. The maximum absolute atomic E-state index is 15.3. The monoisotopic (exact) mass is 662 g/mol. The highest BCUT2D eigenvalue weighted by atomic mass is 19.4. The Balaban J connectivity index is 1.71. The SMILES string of the molecule is CNC(=O)C(C)Nc1ccnc(N2C[C@@H](c3c(F)cc(OC)cc3F)C(NC(=O)NC3CCC(C(F)F)CC3)C2=O)c1C(F)(F)F. The number of carbonyl (C=O) groups excluding carboxylic acids is 3. The molecule has 1 aliphatic heterocycles. The van der Waals surface area contributed by atoms with E-state index in [0.717, 1.165) is 31.5 Å². The predicted octanol–water partition coefficient (Wildman–Crippen LogP) is 4.56. The van der Waals surface area contributed by atoms with E-state index < -0.39 is 101 Å². The third-order valence-corrected chi connectivity index (χ3v) is 8.20. The number of ether oxygens (including phenoxy) is 1. The largest absolute Gasteiger partial charge is 0.497 e. The maximum atomic E-state index is 15.3. The summed E-state index contributed by atoms with van der Waals surface area (Å²) in [7, 11) is 2.45. The van der Waals surface area contributed by atoms with Gasteiger partial charge in [-0.15, -0.1) is 0 Å². The van der Waals surface area contributed by atoms with Crippen LogP contribution in [0.1, 0.15) is 49.7 Å². The van der Waals surface area contributed by atoms with Crippen LogP contribution in [0.5, 0.6) is 5.75 Å². The summed E-state index contributed by atoms with van der Waals surface area (Å²) in [5.74, 6) is -7.61. The average molecular weight is 663 g/mol. The van der Waals surface area contributed by atoms with Gasteiger partial charge in [-0.1, -0.05) is 0 Å². The van der Waals surface area contributed by atoms with Crippen molar-refractivity contribution in [2.45, 2.75) is 69.3 Å². The lowest BCUT2D eigenvalue weighted by Gasteiger charge is -2.29. The average Bonchev–Trinajstić information content (AvgIpc) is 3.30. The van der Waals surface area contributed by atoms with Crippen molar-refractivity contribution in [3.05, 3.63) is 47.2 Å². The second-order valence-electron chi connectivity index (χ2n) is 11.1. The van der Waals surface area contributed by atoms with Gasteiger partial charge in [0.05, 0.1) is 12.8 Å². The van der Waals surface area contributed by atoms with Crippen LogP contribution in [-0.2, 0) is 15.8 Å². The van der Waals surface area contributed by atoms with Gasteiger partial charge < -0.3 is 26.0 Å². The molecule has 4 rings (SSSR count). The number of nitrogens with one attached hydrogen (secondary N) is 4. The third kappa shape index (κ3) is 7.39. The molecule has 2 fully saturated rings. The summed E-state index contributed by atoms with van der Waals surface area (Å²) in [5, 5.41) is 9.65. The molecule has 1 saturated heterocycles. The molecule has 1 saturated carbocycles. The third-order valence-electron chi connectivity index (χ3n) is 8.20. The highest BCUT2D eigenvalue weighted by Crippen LogP contribution is 2.44. The Kier molecular flexibility index (Phi) is 10.5. The Morgan fingerprint density at radius 2 is 1.70 bits per heavy atom. The number of hydrogen-bond acceptors (Lipinski definition) is 6. The molecule has 0 radical (unpaired) electrons. The summed E-state index contributed by atoms with van der Waals surface area (Å²) >= 11 is 0. The predicted molar refractivity (Wildman–Crippen MR) is 152 cm³/mol. The topological polar surface area (TPSA) is 125 Å². The first-order valence-electron chi connectivity index (χ1n) is 14.4. The van der Waals surface area contributed by atoms with Gasteiger partial charge >= 0.3 is 12.2 Å². The van der Waals surface area contributed by atoms with Crippen LogP contribution in [0.25, 0.3) is 0 Å². The molecule has 2 unspecified atom stereocenters. The van der Waals surface area contributed by atoms with E-state index >= 15 is 8.78 Å². The quantitative estimate of drug-likeness (QED) is 0.292. The zero-order chi connectivity index (χ0) is 33.9. The molecule has 2 aromatic rings. The first-order valence-corrected chi connectivity index (χ1v) is 14.4. The maximum Gasteiger partial charge on any atom is 0.421 e. The smallest absolute Gasteiger partial charge is 0.421 e. The Morgan fingerprint density at radius 3 is 2.24 bits per heavy atom. The van der Waals surface area contributed by atoms with E-state index in [1.165, 1.54) is 14.0 Å². The van der Waals surface area contributed by atoms with Crippen molar-refractivity contribution in [2.75, 3.05) is 30.9 Å². The van der Waals surface area contributed by atoms with Crippen molar-refractivity contribution in [1.82, 2.24) is 20.9 Å². The van der Waals surface area contributed by atoms with Gasteiger partial charge in [-0.05, 0) is 38.7 Å². The fourth-order valence-corrected chi connectivity index (χ4v) is 5.83. The summed E-state index contributed by atoms with van der Waals surface area (Å²) in [4.78, 5) is 43.2. The number of likely N-dealkylation sites (N-methyl/N-ethyl adjacent to an activating group) is 1. The molecule has 252 valence electrons. The molecule has 46 heavy (non-hydrogen) atoms. The highest BCUT2D eigenvalue weighted by Gasteiger charge is 2.49. The number of hydrogen-bond donors (Lipinski definition) is 4. The lowest BCUT2D eigenvalue weighted by molar-refractivity contribution is -0.137. The molecule has 1 aromatic carbocycles. The molecule has 0 bridgehead atoms. The normalized spacial score (nSPS) is 22.4. The standard InChI is InChI=1S/C29H33F7N6O4/c1-13(26(43)37-2)39-20-8-9-38-25(22(20)29(34,35)36)42-12-17(21-18(30)10-16(46-3)11-19(21)31)23(27(42)44)41-28(45)40-15-6-4-14(5-7-15)24(32)33/h8-11,13-15,17,23-24H,4-7,12H2,1-3H3,(H,37,43)(H,38,39)(H2,40,41,45)/t13?,14?,15?,17-,23?/m0/s1. The van der Waals surface area contributed by atoms with E-state index in [0.29, 0.717) is 4.90 Å². The number of aromatic nitrogens is 1. The second kappa shape index (κ2) is 14.0. The minimum absolute atomic E-state index is 0.137. The van der Waals surface area contributed by atoms with Crippen LogP contribution in [-0.4, -0.2) is 68.1 Å². The van der Waals surface area contributed by atoms with Crippen LogP contribution >= 0.6 is 0 Å². The van der Waals surface area contributed by atoms with Crippen molar-refractivity contribution in [3.63, 3.8) is 0 Å². The van der Waals surface area contributed by atoms with E-state index in [4.69, 9.17) is 4.74 Å². The Bertz CT molecular complexity index is 1430. The van der Waals surface area contributed by atoms with Crippen molar-refractivity contribution in [2.24, 2.45) is 5.92 Å². The Morgan fingerprint density at radius 1 is 1.07 bits per heavy atom. The number of halogens is 7. The van der Waals surface area contributed by atoms with Crippen LogP contribution in [0.3, 0.4) is 0 Å². The number of carbonyl (C=O) groups is 3. The second-order valence-corrected chi connectivity index (χ2v) is 11.1. The van der Waals surface area contributed by atoms with E-state index in [-0.39, 0.29) is 31.4 Å². The van der Waals surface area contributed by atoms with Crippen LogP contribution in [0.4, 0.5) is 47.0 Å². The molecule has 17 heteroatoms. The fourth-order valence-electron chi connectivity index (χ4n) is 5.83. The van der Waals surface area contributed by atoms with E-state index in [1.54, 1.807) is 0 Å². The first-order chi connectivity index (χ1) is 21.7. The zero-order valence-corrected chi connectivity index (χ0v) is 25.0. The Hall–Kier alpha value is -4.31. The molecule has 10 nitrogen and oxygen atoms in total. The van der Waals surface area contributed by atoms with Crippen molar-refractivity contribution >= 4 is 29.4 Å². The summed E-state index contributed by atoms with van der Waals surface area (Å²) in [5.41, 5.74) is -2.70. The van der Waals surface area contributed by atoms with E-state index in [2.05, 4.69) is 26.3 Å². The van der Waals surface area contributed by atoms with Gasteiger partial charge in [0.15, 0.2) is 0 Å². The van der Waals surface area contributed by atoms with Gasteiger partial charge in [0.1, 0.15) is 40.8 Å². The molecule has 1 aliphatic carbocycles. The molecule has 0 spiro atoms. The van der Waals surface area contributed by atoms with Gasteiger partial charge in [0.25, 0.3) is 5.91 Å². The lowest BCUT2D eigenvalue weighted by atomic mass is 9.86. The van der Waals surface area contributed by atoms with Gasteiger partial charge in [-0.25, -0.2) is 27.3 Å². The van der Waals surface area contributed by atoms with Crippen LogP contribution in [0.15, 0.2) is 24.4 Å². The number of pyridine rings is 1. The molecular weight excluding hydrogens is 629 g/mol. The number of anilines is 2. The molecule has 2 heterocycles. The summed E-state index contributed by atoms with van der Waals surface area (Å²) in [6, 6.07) is -1.81. The number of urea groups is 1. The number of amides is 4. The minimum Gasteiger partial charge on any atom is -0.497 e. The van der Waals surface area contributed by atoms with Crippen molar-refractivity contribution < 1.29 is 49.9 Å². The minimum atomic E-state index is -5.12. The summed E-state index contributed by atoms with van der Waals surface area (Å²) < 4.78 is 105. The van der Waals surface area contributed by atoms with Crippen LogP contribution in [0, 0.1) is 17.6 Å². The van der Waals surface area contributed by atoms with Crippen molar-refractivity contribution in [3.8, 4) is 5.75 Å². The lowest BCUT2D eigenvalue weighted by Crippen LogP contribution is -2.51.